The molecule has 126 valence electrons. The molecule has 0 aromatic heterocycles. The summed E-state index contributed by atoms with van der Waals surface area (Å²) in [7, 11) is 4.88. The lowest BCUT2D eigenvalue weighted by atomic mass is 10.1. The summed E-state index contributed by atoms with van der Waals surface area (Å²) in [4.78, 5) is 24.4. The molecule has 0 saturated heterocycles. The standard InChI is InChI=1S/C16H23N3O3S/c1-17-15(21)13-8-6-12(7-9-13)11-19(2)16(23)18-10-4-5-14(20)22-3/h6-9H,4-5,10-11H2,1-3H3,(H,17,21)(H,18,23). The monoisotopic (exact) mass is 337 g/mol. The van der Waals surface area contributed by atoms with Crippen LogP contribution in [-0.4, -0.2) is 49.6 Å². The number of hydrogen-bond donors (Lipinski definition) is 2. The van der Waals surface area contributed by atoms with E-state index in [1.807, 2.05) is 24.1 Å². The Kier molecular flexibility index (Phi) is 8.04. The fourth-order valence-electron chi connectivity index (χ4n) is 1.92. The Labute approximate surface area is 142 Å². The number of amides is 1. The van der Waals surface area contributed by atoms with Gasteiger partial charge in [0.05, 0.1) is 7.11 Å². The highest BCUT2D eigenvalue weighted by Gasteiger charge is 2.07. The average Bonchev–Trinajstić information content (AvgIpc) is 2.58. The van der Waals surface area contributed by atoms with Gasteiger partial charge in [-0.2, -0.15) is 0 Å². The van der Waals surface area contributed by atoms with Gasteiger partial charge in [-0.1, -0.05) is 12.1 Å². The molecule has 0 spiro atoms. The van der Waals surface area contributed by atoms with E-state index in [1.165, 1.54) is 7.11 Å². The number of benzene rings is 1. The molecule has 0 aliphatic carbocycles. The number of rotatable bonds is 7. The number of methoxy groups -OCH3 is 1. The van der Waals surface area contributed by atoms with Gasteiger partial charge in [0.1, 0.15) is 0 Å². The molecule has 0 bridgehead atoms. The van der Waals surface area contributed by atoms with Crippen LogP contribution in [0.1, 0.15) is 28.8 Å². The number of ether oxygens (including phenoxy) is 1. The fourth-order valence-corrected chi connectivity index (χ4v) is 2.08. The number of esters is 1. The number of carbonyl (C=O) groups excluding carboxylic acids is 2. The Hall–Kier alpha value is -2.15. The predicted molar refractivity (Wildman–Crippen MR) is 93.1 cm³/mol. The average molecular weight is 337 g/mol. The zero-order valence-electron chi connectivity index (χ0n) is 13.7. The van der Waals surface area contributed by atoms with Crippen molar-refractivity contribution in [2.75, 3.05) is 27.7 Å². The van der Waals surface area contributed by atoms with E-state index in [0.717, 1.165) is 5.56 Å². The number of nitrogens with zero attached hydrogens (tertiary/aromatic N) is 1. The maximum absolute atomic E-state index is 11.5. The van der Waals surface area contributed by atoms with Gasteiger partial charge in [-0.05, 0) is 36.3 Å². The number of thiocarbonyl (C=S) groups is 1. The topological polar surface area (TPSA) is 70.7 Å². The van der Waals surface area contributed by atoms with Crippen LogP contribution in [0.5, 0.6) is 0 Å². The van der Waals surface area contributed by atoms with Crippen LogP contribution in [0.15, 0.2) is 24.3 Å². The summed E-state index contributed by atoms with van der Waals surface area (Å²) in [6.45, 7) is 1.25. The SMILES string of the molecule is CNC(=O)c1ccc(CN(C)C(=S)NCCCC(=O)OC)cc1. The summed E-state index contributed by atoms with van der Waals surface area (Å²) in [5, 5.41) is 6.31. The minimum absolute atomic E-state index is 0.104. The quantitative estimate of drug-likeness (QED) is 0.444. The minimum atomic E-state index is -0.220. The highest BCUT2D eigenvalue weighted by atomic mass is 32.1. The van der Waals surface area contributed by atoms with Crippen molar-refractivity contribution in [1.29, 1.82) is 0 Å². The largest absolute Gasteiger partial charge is 0.469 e. The lowest BCUT2D eigenvalue weighted by Gasteiger charge is -2.21. The highest BCUT2D eigenvalue weighted by Crippen LogP contribution is 2.07. The van der Waals surface area contributed by atoms with Crippen LogP contribution in [0.3, 0.4) is 0 Å². The number of nitrogens with one attached hydrogen (secondary N) is 2. The Bertz CT molecular complexity index is 546. The summed E-state index contributed by atoms with van der Waals surface area (Å²) < 4.78 is 4.58. The highest BCUT2D eigenvalue weighted by molar-refractivity contribution is 7.80. The Morgan fingerprint density at radius 3 is 2.48 bits per heavy atom. The molecule has 0 unspecified atom stereocenters. The van der Waals surface area contributed by atoms with Crippen molar-refractivity contribution >= 4 is 29.2 Å². The lowest BCUT2D eigenvalue weighted by molar-refractivity contribution is -0.140. The molecule has 2 N–H and O–H groups in total. The van der Waals surface area contributed by atoms with Crippen molar-refractivity contribution in [1.82, 2.24) is 15.5 Å². The van der Waals surface area contributed by atoms with Gasteiger partial charge in [0.25, 0.3) is 5.91 Å². The van der Waals surface area contributed by atoms with E-state index >= 15 is 0 Å². The van der Waals surface area contributed by atoms with Crippen LogP contribution in [0, 0.1) is 0 Å². The van der Waals surface area contributed by atoms with E-state index in [0.29, 0.717) is 36.6 Å². The van der Waals surface area contributed by atoms with Crippen LogP contribution in [0.4, 0.5) is 0 Å². The van der Waals surface area contributed by atoms with Gasteiger partial charge < -0.3 is 20.3 Å². The van der Waals surface area contributed by atoms with Gasteiger partial charge in [-0.25, -0.2) is 0 Å². The van der Waals surface area contributed by atoms with Crippen LogP contribution < -0.4 is 10.6 Å². The molecule has 1 aromatic rings. The van der Waals surface area contributed by atoms with Crippen LogP contribution in [-0.2, 0) is 16.1 Å². The second kappa shape index (κ2) is 9.78. The Balaban J connectivity index is 2.39. The predicted octanol–water partition coefficient (Wildman–Crippen LogP) is 1.31. The third-order valence-electron chi connectivity index (χ3n) is 3.27. The molecule has 1 amide bonds. The first-order chi connectivity index (χ1) is 11.0. The summed E-state index contributed by atoms with van der Waals surface area (Å²) >= 11 is 5.30. The van der Waals surface area contributed by atoms with E-state index in [2.05, 4.69) is 15.4 Å². The van der Waals surface area contributed by atoms with Crippen molar-refractivity contribution in [2.45, 2.75) is 19.4 Å². The first kappa shape index (κ1) is 18.9. The van der Waals surface area contributed by atoms with E-state index < -0.39 is 0 Å². The van der Waals surface area contributed by atoms with E-state index in [-0.39, 0.29) is 11.9 Å². The second-order valence-electron chi connectivity index (χ2n) is 5.04. The lowest BCUT2D eigenvalue weighted by Crippen LogP contribution is -2.37. The molecule has 23 heavy (non-hydrogen) atoms. The van der Waals surface area contributed by atoms with Crippen molar-refractivity contribution in [3.05, 3.63) is 35.4 Å². The van der Waals surface area contributed by atoms with E-state index in [9.17, 15) is 9.59 Å². The van der Waals surface area contributed by atoms with Crippen molar-refractivity contribution in [3.63, 3.8) is 0 Å². The Morgan fingerprint density at radius 2 is 1.91 bits per heavy atom. The normalized spacial score (nSPS) is 9.87. The smallest absolute Gasteiger partial charge is 0.305 e. The molecule has 0 fully saturated rings. The molecule has 0 saturated carbocycles. The maximum Gasteiger partial charge on any atom is 0.305 e. The summed E-state index contributed by atoms with van der Waals surface area (Å²) in [6.07, 6.45) is 1.04. The molecular formula is C16H23N3O3S. The summed E-state index contributed by atoms with van der Waals surface area (Å²) in [5.41, 5.74) is 1.68. The minimum Gasteiger partial charge on any atom is -0.469 e. The molecule has 0 aliphatic heterocycles. The molecule has 0 atom stereocenters. The van der Waals surface area contributed by atoms with Crippen molar-refractivity contribution in [3.8, 4) is 0 Å². The molecular weight excluding hydrogens is 314 g/mol. The zero-order valence-corrected chi connectivity index (χ0v) is 14.5. The van der Waals surface area contributed by atoms with Crippen molar-refractivity contribution in [2.24, 2.45) is 0 Å². The van der Waals surface area contributed by atoms with Gasteiger partial charge in [0, 0.05) is 39.2 Å². The summed E-state index contributed by atoms with van der Waals surface area (Å²) in [6, 6.07) is 7.38. The van der Waals surface area contributed by atoms with Gasteiger partial charge in [0.15, 0.2) is 5.11 Å². The van der Waals surface area contributed by atoms with Crippen LogP contribution in [0.2, 0.25) is 0 Å². The van der Waals surface area contributed by atoms with Crippen molar-refractivity contribution < 1.29 is 14.3 Å². The summed E-state index contributed by atoms with van der Waals surface area (Å²) in [5.74, 6) is -0.324. The first-order valence-corrected chi connectivity index (χ1v) is 7.75. The van der Waals surface area contributed by atoms with Gasteiger partial charge in [0.2, 0.25) is 0 Å². The number of hydrogen-bond acceptors (Lipinski definition) is 4. The van der Waals surface area contributed by atoms with Gasteiger partial charge in [-0.3, -0.25) is 9.59 Å². The third-order valence-corrected chi connectivity index (χ3v) is 3.73. The first-order valence-electron chi connectivity index (χ1n) is 7.34. The van der Waals surface area contributed by atoms with Gasteiger partial charge >= 0.3 is 5.97 Å². The molecule has 6 nitrogen and oxygen atoms in total. The van der Waals surface area contributed by atoms with Crippen LogP contribution in [0.25, 0.3) is 0 Å². The molecule has 0 heterocycles. The van der Waals surface area contributed by atoms with E-state index in [1.54, 1.807) is 19.2 Å². The molecule has 1 aromatic carbocycles. The zero-order chi connectivity index (χ0) is 17.2. The molecule has 7 heteroatoms. The molecule has 0 radical (unpaired) electrons. The van der Waals surface area contributed by atoms with E-state index in [4.69, 9.17) is 12.2 Å². The third kappa shape index (κ3) is 6.65. The Morgan fingerprint density at radius 1 is 1.26 bits per heavy atom. The molecule has 1 rings (SSSR count). The molecule has 0 aliphatic rings. The maximum atomic E-state index is 11.5. The second-order valence-corrected chi connectivity index (χ2v) is 5.43. The number of carbonyl (C=O) groups is 2. The van der Waals surface area contributed by atoms with Gasteiger partial charge in [-0.15, -0.1) is 0 Å². The fraction of sp³-hybridized carbons (Fsp3) is 0.438. The van der Waals surface area contributed by atoms with Crippen LogP contribution >= 0.6 is 12.2 Å².